The average molecular weight is 580 g/mol. The number of rotatable bonds is 4. The van der Waals surface area contributed by atoms with Crippen LogP contribution in [0.15, 0.2) is 30.6 Å². The normalized spacial score (nSPS) is 17.9. The highest BCUT2D eigenvalue weighted by Crippen LogP contribution is 2.44. The molecule has 3 aliphatic rings. The summed E-state index contributed by atoms with van der Waals surface area (Å²) >= 11 is 1.22. The van der Waals surface area contributed by atoms with Crippen LogP contribution in [0.1, 0.15) is 43.3 Å². The van der Waals surface area contributed by atoms with Crippen LogP contribution in [0.3, 0.4) is 0 Å². The first-order valence-electron chi connectivity index (χ1n) is 13.8. The van der Waals surface area contributed by atoms with Crippen molar-refractivity contribution in [1.29, 1.82) is 0 Å². The van der Waals surface area contributed by atoms with Gasteiger partial charge in [-0.3, -0.25) is 4.79 Å². The molecule has 0 unspecified atom stereocenters. The highest BCUT2D eigenvalue weighted by Gasteiger charge is 2.35. The van der Waals surface area contributed by atoms with Crippen molar-refractivity contribution in [1.82, 2.24) is 20.2 Å². The van der Waals surface area contributed by atoms with Crippen molar-refractivity contribution >= 4 is 62.5 Å². The summed E-state index contributed by atoms with van der Waals surface area (Å²) in [5.41, 5.74) is 1.60. The van der Waals surface area contributed by atoms with Gasteiger partial charge in [0.1, 0.15) is 21.6 Å². The Bertz CT molecular complexity index is 1470. The van der Waals surface area contributed by atoms with Crippen molar-refractivity contribution in [3.8, 4) is 0 Å². The van der Waals surface area contributed by atoms with E-state index in [0.29, 0.717) is 71.4 Å². The van der Waals surface area contributed by atoms with Gasteiger partial charge in [0.05, 0.1) is 30.0 Å². The van der Waals surface area contributed by atoms with Gasteiger partial charge in [0, 0.05) is 37.9 Å². The summed E-state index contributed by atoms with van der Waals surface area (Å²) in [6.45, 7) is 9.52. The Morgan fingerprint density at radius 3 is 2.41 bits per heavy atom. The number of nitrogens with zero attached hydrogens (tertiary/aromatic N) is 5. The SMILES string of the molecule is CC(C)(C)OC(=O)N1CCC(NC(=O)c2sc3ncnc4c3c2NC(=O)N4c2ccc(N3CCOCC3)cc2)CC1. The zero-order valence-corrected chi connectivity index (χ0v) is 24.1. The predicted octanol–water partition coefficient (Wildman–Crippen LogP) is 4.34. The molecule has 0 atom stereocenters. The number of aromatic nitrogens is 2. The van der Waals surface area contributed by atoms with Gasteiger partial charge in [-0.2, -0.15) is 0 Å². The maximum atomic E-state index is 13.4. The fourth-order valence-electron chi connectivity index (χ4n) is 5.28. The van der Waals surface area contributed by atoms with Crippen molar-refractivity contribution in [2.75, 3.05) is 54.5 Å². The molecule has 0 saturated carbocycles. The first-order valence-corrected chi connectivity index (χ1v) is 14.6. The van der Waals surface area contributed by atoms with E-state index in [-0.39, 0.29) is 18.0 Å². The molecule has 216 valence electrons. The zero-order chi connectivity index (χ0) is 28.7. The minimum absolute atomic E-state index is 0.107. The maximum Gasteiger partial charge on any atom is 0.410 e. The third-order valence-electron chi connectivity index (χ3n) is 7.29. The molecule has 2 fully saturated rings. The van der Waals surface area contributed by atoms with E-state index in [1.807, 2.05) is 45.0 Å². The van der Waals surface area contributed by atoms with Crippen LogP contribution in [0.2, 0.25) is 0 Å². The molecule has 0 aliphatic carbocycles. The summed E-state index contributed by atoms with van der Waals surface area (Å²) < 4.78 is 10.9. The fraction of sp³-hybridized carbons (Fsp3) is 0.464. The quantitative estimate of drug-likeness (QED) is 0.467. The van der Waals surface area contributed by atoms with E-state index in [9.17, 15) is 14.4 Å². The Labute approximate surface area is 241 Å². The van der Waals surface area contributed by atoms with Crippen LogP contribution in [0.4, 0.5) is 32.5 Å². The molecule has 2 N–H and O–H groups in total. The summed E-state index contributed by atoms with van der Waals surface area (Å²) in [6.07, 6.45) is 2.29. The Balaban J connectivity index is 1.19. The van der Waals surface area contributed by atoms with E-state index in [0.717, 1.165) is 18.8 Å². The van der Waals surface area contributed by atoms with Crippen LogP contribution in [0.5, 0.6) is 0 Å². The summed E-state index contributed by atoms with van der Waals surface area (Å²) in [5, 5.41) is 6.64. The number of morpholine rings is 1. The number of amides is 4. The molecule has 1 aromatic carbocycles. The molecule has 2 aromatic heterocycles. The average Bonchev–Trinajstić information content (AvgIpc) is 3.33. The maximum absolute atomic E-state index is 13.4. The highest BCUT2D eigenvalue weighted by molar-refractivity contribution is 7.21. The topological polar surface area (TPSA) is 129 Å². The number of piperidine rings is 1. The molecule has 0 radical (unpaired) electrons. The van der Waals surface area contributed by atoms with Crippen LogP contribution in [0.25, 0.3) is 10.2 Å². The number of urea groups is 1. The third-order valence-corrected chi connectivity index (χ3v) is 8.38. The van der Waals surface area contributed by atoms with Gasteiger partial charge in [0.15, 0.2) is 5.82 Å². The van der Waals surface area contributed by atoms with E-state index in [2.05, 4.69) is 25.5 Å². The number of nitrogens with one attached hydrogen (secondary N) is 2. The van der Waals surface area contributed by atoms with E-state index >= 15 is 0 Å². The number of hydrogen-bond acceptors (Lipinski definition) is 9. The van der Waals surface area contributed by atoms with Gasteiger partial charge >= 0.3 is 12.1 Å². The summed E-state index contributed by atoms with van der Waals surface area (Å²) in [4.78, 5) is 54.5. The Morgan fingerprint density at radius 1 is 1.05 bits per heavy atom. The number of benzene rings is 1. The number of carbonyl (C=O) groups excluding carboxylic acids is 3. The molecule has 41 heavy (non-hydrogen) atoms. The lowest BCUT2D eigenvalue weighted by Gasteiger charge is -2.33. The number of thiophene rings is 1. The fourth-order valence-corrected chi connectivity index (χ4v) is 6.28. The van der Waals surface area contributed by atoms with Crippen molar-refractivity contribution < 1.29 is 23.9 Å². The molecule has 3 aliphatic heterocycles. The minimum Gasteiger partial charge on any atom is -0.444 e. The number of likely N-dealkylation sites (tertiary alicyclic amines) is 1. The summed E-state index contributed by atoms with van der Waals surface area (Å²) in [6, 6.07) is 7.27. The standard InChI is InChI=1S/C28H33N7O5S/c1-28(2,3)40-27(38)34-10-8-17(9-11-34)31-24(36)22-21-20-23(29-16-30-25(20)41-22)35(26(37)32-21)19-6-4-18(5-7-19)33-12-14-39-15-13-33/h4-7,16-17H,8-15H2,1-3H3,(H,31,36)(H,32,37). The molecule has 5 heterocycles. The van der Waals surface area contributed by atoms with E-state index in [4.69, 9.17) is 9.47 Å². The molecular formula is C28H33N7O5S. The van der Waals surface area contributed by atoms with E-state index in [1.54, 1.807) is 4.90 Å². The Morgan fingerprint density at radius 2 is 1.73 bits per heavy atom. The molecule has 6 rings (SSSR count). The van der Waals surface area contributed by atoms with Gasteiger partial charge in [0.2, 0.25) is 0 Å². The van der Waals surface area contributed by atoms with Gasteiger partial charge in [-0.25, -0.2) is 24.5 Å². The smallest absolute Gasteiger partial charge is 0.410 e. The second-order valence-corrected chi connectivity index (χ2v) is 12.3. The van der Waals surface area contributed by atoms with Crippen molar-refractivity contribution in [3.63, 3.8) is 0 Å². The lowest BCUT2D eigenvalue weighted by atomic mass is 10.1. The predicted molar refractivity (Wildman–Crippen MR) is 156 cm³/mol. The summed E-state index contributed by atoms with van der Waals surface area (Å²) in [7, 11) is 0. The molecule has 12 nitrogen and oxygen atoms in total. The molecular weight excluding hydrogens is 546 g/mol. The van der Waals surface area contributed by atoms with Crippen LogP contribution < -0.4 is 20.4 Å². The third kappa shape index (κ3) is 5.51. The Hall–Kier alpha value is -3.97. The Kier molecular flexibility index (Phi) is 7.16. The zero-order valence-electron chi connectivity index (χ0n) is 23.3. The van der Waals surface area contributed by atoms with Crippen molar-refractivity contribution in [2.24, 2.45) is 0 Å². The lowest BCUT2D eigenvalue weighted by molar-refractivity contribution is 0.0199. The minimum atomic E-state index is -0.557. The molecule has 4 amide bonds. The van der Waals surface area contributed by atoms with Gasteiger partial charge in [-0.15, -0.1) is 11.3 Å². The van der Waals surface area contributed by atoms with Crippen LogP contribution >= 0.6 is 11.3 Å². The monoisotopic (exact) mass is 579 g/mol. The molecule has 0 bridgehead atoms. The lowest BCUT2D eigenvalue weighted by Crippen LogP contribution is -2.47. The van der Waals surface area contributed by atoms with Gasteiger partial charge in [-0.05, 0) is 57.9 Å². The first-order chi connectivity index (χ1) is 19.7. The van der Waals surface area contributed by atoms with E-state index in [1.165, 1.54) is 22.6 Å². The molecule has 3 aromatic rings. The molecule has 0 spiro atoms. The van der Waals surface area contributed by atoms with Gasteiger partial charge in [0.25, 0.3) is 5.91 Å². The molecule has 13 heteroatoms. The van der Waals surface area contributed by atoms with Crippen molar-refractivity contribution in [2.45, 2.75) is 45.3 Å². The number of anilines is 4. The second kappa shape index (κ2) is 10.8. The largest absolute Gasteiger partial charge is 0.444 e. The van der Waals surface area contributed by atoms with Gasteiger partial charge in [-0.1, -0.05) is 0 Å². The highest BCUT2D eigenvalue weighted by atomic mass is 32.1. The first kappa shape index (κ1) is 27.2. The van der Waals surface area contributed by atoms with Gasteiger partial charge < -0.3 is 29.9 Å². The summed E-state index contributed by atoms with van der Waals surface area (Å²) in [5.74, 6) is 0.155. The van der Waals surface area contributed by atoms with Crippen LogP contribution in [-0.2, 0) is 9.47 Å². The van der Waals surface area contributed by atoms with Crippen LogP contribution in [-0.4, -0.2) is 83.9 Å². The number of ether oxygens (including phenoxy) is 2. The number of hydrogen-bond donors (Lipinski definition) is 2. The van der Waals surface area contributed by atoms with Crippen molar-refractivity contribution in [3.05, 3.63) is 35.5 Å². The van der Waals surface area contributed by atoms with Crippen LogP contribution in [0, 0.1) is 0 Å². The molecule has 2 saturated heterocycles. The van der Waals surface area contributed by atoms with E-state index < -0.39 is 11.6 Å². The second-order valence-electron chi connectivity index (χ2n) is 11.3. The number of carbonyl (C=O) groups is 3.